The molecule has 1 saturated heterocycles. The number of anilines is 2. The Bertz CT molecular complexity index is 649. The summed E-state index contributed by atoms with van der Waals surface area (Å²) in [6.45, 7) is 7.04. The SMILES string of the molecule is CN1CCN(CCCN2c3c[c]ccc3Sc3ccccc32)CC1. The number of rotatable bonds is 4. The molecule has 0 N–H and O–H groups in total. The van der Waals surface area contributed by atoms with Gasteiger partial charge in [-0.1, -0.05) is 30.0 Å². The van der Waals surface area contributed by atoms with Crippen molar-refractivity contribution in [1.29, 1.82) is 0 Å². The summed E-state index contributed by atoms with van der Waals surface area (Å²) in [6, 6.07) is 18.3. The molecule has 3 nitrogen and oxygen atoms in total. The Hall–Kier alpha value is -1.49. The lowest BCUT2D eigenvalue weighted by atomic mass is 10.2. The molecule has 2 aromatic rings. The molecule has 2 aliphatic rings. The third-order valence-corrected chi connectivity index (χ3v) is 6.05. The number of nitrogens with zero attached hydrogens (tertiary/aromatic N) is 3. The van der Waals surface area contributed by atoms with Gasteiger partial charge in [-0.15, -0.1) is 0 Å². The highest BCUT2D eigenvalue weighted by Gasteiger charge is 2.22. The number of likely N-dealkylation sites (N-methyl/N-ethyl adjacent to an activating group) is 1. The first kappa shape index (κ1) is 16.0. The van der Waals surface area contributed by atoms with Gasteiger partial charge in [-0.2, -0.15) is 0 Å². The van der Waals surface area contributed by atoms with Gasteiger partial charge in [0.2, 0.25) is 0 Å². The van der Waals surface area contributed by atoms with Crippen molar-refractivity contribution in [3.63, 3.8) is 0 Å². The molecule has 2 aromatic carbocycles. The molecular weight excluding hydrogens is 314 g/mol. The zero-order valence-corrected chi connectivity index (χ0v) is 15.1. The molecule has 4 rings (SSSR count). The van der Waals surface area contributed by atoms with Gasteiger partial charge in [0.05, 0.1) is 11.4 Å². The van der Waals surface area contributed by atoms with Gasteiger partial charge in [0.1, 0.15) is 0 Å². The number of para-hydroxylation sites is 1. The minimum atomic E-state index is 1.06. The van der Waals surface area contributed by atoms with Crippen molar-refractivity contribution in [1.82, 2.24) is 9.80 Å². The van der Waals surface area contributed by atoms with Crippen molar-refractivity contribution in [3.05, 3.63) is 48.5 Å². The predicted octanol–water partition coefficient (Wildman–Crippen LogP) is 3.73. The topological polar surface area (TPSA) is 9.72 Å². The van der Waals surface area contributed by atoms with E-state index in [9.17, 15) is 0 Å². The van der Waals surface area contributed by atoms with Gasteiger partial charge in [-0.25, -0.2) is 0 Å². The van der Waals surface area contributed by atoms with E-state index in [1.807, 2.05) is 17.8 Å². The fourth-order valence-corrected chi connectivity index (χ4v) is 4.56. The zero-order valence-electron chi connectivity index (χ0n) is 14.2. The predicted molar refractivity (Wildman–Crippen MR) is 101 cm³/mol. The maximum absolute atomic E-state index is 3.26. The second kappa shape index (κ2) is 7.18. The standard InChI is InChI=1S/C20H24N3S/c1-21-13-15-22(16-14-21)11-6-12-23-17-7-2-4-9-19(17)24-20-10-5-3-8-18(20)23/h2,4-5,7-10H,6,11-16H2,1H3. The Labute approximate surface area is 149 Å². The summed E-state index contributed by atoms with van der Waals surface area (Å²) in [7, 11) is 2.22. The van der Waals surface area contributed by atoms with Crippen molar-refractivity contribution in [2.75, 3.05) is 51.2 Å². The molecule has 125 valence electrons. The van der Waals surface area contributed by atoms with Gasteiger partial charge in [0.15, 0.2) is 0 Å². The third-order valence-electron chi connectivity index (χ3n) is 4.92. The minimum absolute atomic E-state index is 1.06. The quantitative estimate of drug-likeness (QED) is 0.840. The molecule has 0 bridgehead atoms. The lowest BCUT2D eigenvalue weighted by molar-refractivity contribution is 0.153. The van der Waals surface area contributed by atoms with Crippen LogP contribution in [-0.4, -0.2) is 56.1 Å². The summed E-state index contributed by atoms with van der Waals surface area (Å²) in [6.07, 6.45) is 1.19. The van der Waals surface area contributed by atoms with Crippen molar-refractivity contribution in [3.8, 4) is 0 Å². The maximum Gasteiger partial charge on any atom is 0.0559 e. The molecule has 1 fully saturated rings. The third kappa shape index (κ3) is 3.32. The van der Waals surface area contributed by atoms with Gasteiger partial charge in [-0.3, -0.25) is 0 Å². The molecule has 24 heavy (non-hydrogen) atoms. The van der Waals surface area contributed by atoms with Crippen LogP contribution in [0.25, 0.3) is 0 Å². The van der Waals surface area contributed by atoms with Gasteiger partial charge >= 0.3 is 0 Å². The van der Waals surface area contributed by atoms with Crippen LogP contribution in [0.15, 0.2) is 52.3 Å². The highest BCUT2D eigenvalue weighted by Crippen LogP contribution is 2.47. The van der Waals surface area contributed by atoms with Crippen molar-refractivity contribution in [2.24, 2.45) is 0 Å². The molecular formula is C20H24N3S. The zero-order chi connectivity index (χ0) is 16.4. The molecule has 4 heteroatoms. The Morgan fingerprint density at radius 2 is 1.75 bits per heavy atom. The molecule has 0 amide bonds. The van der Waals surface area contributed by atoms with Crippen LogP contribution in [0.2, 0.25) is 0 Å². The summed E-state index contributed by atoms with van der Waals surface area (Å²) < 4.78 is 0. The minimum Gasteiger partial charge on any atom is -0.340 e. The average molecular weight is 339 g/mol. The molecule has 2 aliphatic heterocycles. The van der Waals surface area contributed by atoms with Gasteiger partial charge < -0.3 is 14.7 Å². The van der Waals surface area contributed by atoms with Gasteiger partial charge in [-0.05, 0) is 50.3 Å². The lowest BCUT2D eigenvalue weighted by Gasteiger charge is -2.35. The van der Waals surface area contributed by atoms with E-state index in [-0.39, 0.29) is 0 Å². The van der Waals surface area contributed by atoms with Crippen LogP contribution in [-0.2, 0) is 0 Å². The van der Waals surface area contributed by atoms with Crippen LogP contribution in [0.5, 0.6) is 0 Å². The average Bonchev–Trinajstić information content (AvgIpc) is 2.63. The number of hydrogen-bond donors (Lipinski definition) is 0. The fourth-order valence-electron chi connectivity index (χ4n) is 3.48. The maximum atomic E-state index is 3.26. The van der Waals surface area contributed by atoms with E-state index in [1.165, 1.54) is 60.3 Å². The van der Waals surface area contributed by atoms with E-state index in [0.29, 0.717) is 0 Å². The summed E-state index contributed by atoms with van der Waals surface area (Å²) in [5, 5.41) is 0. The van der Waals surface area contributed by atoms with Crippen LogP contribution in [0, 0.1) is 6.07 Å². The summed E-state index contributed by atoms with van der Waals surface area (Å²) >= 11 is 1.87. The first-order valence-electron chi connectivity index (χ1n) is 8.77. The fraction of sp³-hybridized carbons (Fsp3) is 0.400. The Balaban J connectivity index is 1.46. The van der Waals surface area contributed by atoms with Gasteiger partial charge in [0.25, 0.3) is 0 Å². The van der Waals surface area contributed by atoms with Crippen LogP contribution in [0.4, 0.5) is 11.4 Å². The van der Waals surface area contributed by atoms with Crippen LogP contribution in [0.1, 0.15) is 6.42 Å². The lowest BCUT2D eigenvalue weighted by Crippen LogP contribution is -2.45. The first-order valence-corrected chi connectivity index (χ1v) is 9.58. The van der Waals surface area contributed by atoms with E-state index >= 15 is 0 Å². The van der Waals surface area contributed by atoms with E-state index in [2.05, 4.69) is 64.2 Å². The molecule has 0 aliphatic carbocycles. The highest BCUT2D eigenvalue weighted by atomic mass is 32.2. The molecule has 2 heterocycles. The van der Waals surface area contributed by atoms with E-state index in [0.717, 1.165) is 6.54 Å². The Morgan fingerprint density at radius 1 is 0.958 bits per heavy atom. The molecule has 0 atom stereocenters. The van der Waals surface area contributed by atoms with Crippen LogP contribution < -0.4 is 4.90 Å². The van der Waals surface area contributed by atoms with E-state index in [4.69, 9.17) is 0 Å². The molecule has 0 unspecified atom stereocenters. The van der Waals surface area contributed by atoms with Crippen molar-refractivity contribution in [2.45, 2.75) is 16.2 Å². The van der Waals surface area contributed by atoms with Crippen LogP contribution >= 0.6 is 11.8 Å². The monoisotopic (exact) mass is 338 g/mol. The Kier molecular flexibility index (Phi) is 4.79. The van der Waals surface area contributed by atoms with Crippen LogP contribution in [0.3, 0.4) is 0 Å². The first-order chi connectivity index (χ1) is 11.8. The number of hydrogen-bond acceptors (Lipinski definition) is 4. The van der Waals surface area contributed by atoms with E-state index < -0.39 is 0 Å². The Morgan fingerprint density at radius 3 is 2.62 bits per heavy atom. The summed E-state index contributed by atoms with van der Waals surface area (Å²) in [5.41, 5.74) is 2.65. The van der Waals surface area contributed by atoms with Crippen molar-refractivity contribution < 1.29 is 0 Å². The largest absolute Gasteiger partial charge is 0.340 e. The second-order valence-electron chi connectivity index (χ2n) is 6.61. The number of fused-ring (bicyclic) bond motifs is 2. The normalized spacial score (nSPS) is 18.3. The molecule has 1 radical (unpaired) electrons. The van der Waals surface area contributed by atoms with Gasteiger partial charge in [0, 0.05) is 42.5 Å². The molecule has 0 aromatic heterocycles. The summed E-state index contributed by atoms with van der Waals surface area (Å²) in [4.78, 5) is 10.2. The van der Waals surface area contributed by atoms with Crippen molar-refractivity contribution >= 4 is 23.1 Å². The smallest absolute Gasteiger partial charge is 0.0559 e. The highest BCUT2D eigenvalue weighted by molar-refractivity contribution is 7.99. The number of piperazine rings is 1. The van der Waals surface area contributed by atoms with E-state index in [1.54, 1.807) is 0 Å². The molecule has 0 saturated carbocycles. The number of benzene rings is 2. The second-order valence-corrected chi connectivity index (χ2v) is 7.70. The molecule has 0 spiro atoms. The summed E-state index contributed by atoms with van der Waals surface area (Å²) in [5.74, 6) is 0.